The number of nitrogens with one attached hydrogen (secondary N) is 5. The van der Waals surface area contributed by atoms with Crippen molar-refractivity contribution < 1.29 is 145 Å². The van der Waals surface area contributed by atoms with Crippen LogP contribution in [-0.4, -0.2) is 284 Å². The van der Waals surface area contributed by atoms with E-state index in [9.17, 15) is 54.7 Å². The van der Waals surface area contributed by atoms with Crippen molar-refractivity contribution in [1.82, 2.24) is 61.2 Å². The molecule has 7 aliphatic heterocycles. The number of allylic oxidation sites excluding steroid dienone is 1. The molecular weight excluding hydrogens is 1780 g/mol. The summed E-state index contributed by atoms with van der Waals surface area (Å²) in [7, 11) is 6.75. The van der Waals surface area contributed by atoms with Gasteiger partial charge >= 0.3 is 11.9 Å². The number of aliphatic hydroxyl groups is 5. The molecule has 7 aromatic heterocycles. The predicted octanol–water partition coefficient (Wildman–Crippen LogP) is 3.17. The lowest BCUT2D eigenvalue weighted by Crippen LogP contribution is -2.61. The molecule has 13 N–H and O–H groups in total. The molecule has 23 atom stereocenters. The van der Waals surface area contributed by atoms with Gasteiger partial charge in [-0.3, -0.25) is 28.8 Å². The number of benzene rings is 1. The number of nitrogens with two attached hydrogens (primary N) is 1. The number of rotatable bonds is 18. The van der Waals surface area contributed by atoms with Gasteiger partial charge in [-0.1, -0.05) is 30.0 Å². The first-order valence-corrected chi connectivity index (χ1v) is 44.4. The summed E-state index contributed by atoms with van der Waals surface area (Å²) in [5.74, 6) is -9.06. The Morgan fingerprint density at radius 1 is 0.672 bits per heavy atom. The van der Waals surface area contributed by atoms with E-state index in [1.807, 2.05) is 0 Å². The van der Waals surface area contributed by atoms with E-state index in [1.54, 1.807) is 27.7 Å². The topological polar surface area (TPSA) is 574 Å². The van der Waals surface area contributed by atoms with Gasteiger partial charge in [-0.2, -0.15) is 4.73 Å². The highest BCUT2D eigenvalue weighted by Gasteiger charge is 2.52. The van der Waals surface area contributed by atoms with Crippen LogP contribution in [0.5, 0.6) is 10.8 Å². The van der Waals surface area contributed by atoms with Gasteiger partial charge in [0.2, 0.25) is 23.6 Å². The average molecular weight is 1880 g/mol. The Balaban J connectivity index is 0.896. The molecule has 128 heavy (non-hydrogen) atoms. The molecule has 12 bridgehead atoms. The third kappa shape index (κ3) is 18.7. The number of hydrogen-bond acceptors (Lipinski definition) is 41. The van der Waals surface area contributed by atoms with E-state index in [2.05, 4.69) is 43.1 Å². The maximum atomic E-state index is 16.2. The summed E-state index contributed by atoms with van der Waals surface area (Å²) in [4.78, 5) is 146. The maximum absolute atomic E-state index is 16.2. The lowest BCUT2D eigenvalue weighted by atomic mass is 9.98. The smallest absolute Gasteiger partial charge is 0.358 e. The zero-order chi connectivity index (χ0) is 91.3. The summed E-state index contributed by atoms with van der Waals surface area (Å²) in [6, 6.07) is 0.543. The van der Waals surface area contributed by atoms with Crippen LogP contribution in [0.25, 0.3) is 49.3 Å². The fourth-order valence-corrected chi connectivity index (χ4v) is 20.0. The highest BCUT2D eigenvalue weighted by Crippen LogP contribution is 2.46. The van der Waals surface area contributed by atoms with Crippen molar-refractivity contribution in [2.45, 2.75) is 215 Å². The van der Waals surface area contributed by atoms with Gasteiger partial charge in [-0.25, -0.2) is 39.5 Å². The number of carbonyl (C=O) groups excluding carboxylic acids is 8. The summed E-state index contributed by atoms with van der Waals surface area (Å²) in [6.45, 7) is 10.7. The Hall–Kier alpha value is -10.1. The molecule has 4 fully saturated rings. The Labute approximate surface area is 747 Å². The van der Waals surface area contributed by atoms with E-state index >= 15 is 14.4 Å². The van der Waals surface area contributed by atoms with Gasteiger partial charge in [0, 0.05) is 79.3 Å². The molecule has 0 radical (unpaired) electrons. The Kier molecular flexibility index (Phi) is 28.1. The number of ether oxygens (including phenoxy) is 16. The van der Waals surface area contributed by atoms with E-state index < -0.39 is 236 Å². The van der Waals surface area contributed by atoms with Crippen LogP contribution < -0.4 is 41.8 Å². The van der Waals surface area contributed by atoms with Crippen LogP contribution in [0.4, 0.5) is 0 Å². The van der Waals surface area contributed by atoms with Crippen LogP contribution in [-0.2, 0) is 93.9 Å². The SMILES string of the molecule is C=C(NC(=O)c1csc(-c2nc3c(cc2OC2OC(C)C(OC)C(OC)C2O)-c2nc(cs2)C(=O)NC(C(C)O)C(=O)N/C(=C(\C)OC)c2nc(cs2)C(=O)NC2c4nc(c(OC5OC(C)C(OC6CCC(OC7CC(O)C(O)C(C)O7)C(C)O6)C(OC)C5OC)s4)C(=O)NC(COC(=O)c4c5c6c(cccc6n4O)COC(=O)C(O)C2OC5)c2nc-3cs2)n1)C(N)=O. The lowest BCUT2D eigenvalue weighted by molar-refractivity contribution is -0.332. The first kappa shape index (κ1) is 92.6. The van der Waals surface area contributed by atoms with Crippen molar-refractivity contribution >= 4 is 121 Å². The molecule has 48 heteroatoms. The third-order valence-corrected chi connectivity index (χ3v) is 27.0. The van der Waals surface area contributed by atoms with Crippen LogP contribution >= 0.6 is 56.7 Å². The number of aliphatic hydroxyl groups excluding tert-OH is 5. The molecule has 4 saturated heterocycles. The maximum Gasteiger partial charge on any atom is 0.358 e. The van der Waals surface area contributed by atoms with E-state index in [0.29, 0.717) is 22.5 Å². The molecule has 7 aliphatic rings. The molecule has 0 aliphatic carbocycles. The third-order valence-electron chi connectivity index (χ3n) is 22.4. The summed E-state index contributed by atoms with van der Waals surface area (Å²) in [5, 5.41) is 86.9. The number of thiazole rings is 5. The molecule has 0 saturated carbocycles. The molecule has 6 amide bonds. The molecular formula is C80H91N13O30S5. The number of nitrogens with zero attached hydrogens (tertiary/aromatic N) is 7. The number of esters is 2. The second kappa shape index (κ2) is 38.9. The van der Waals surface area contributed by atoms with Crippen molar-refractivity contribution in [2.75, 3.05) is 42.2 Å². The van der Waals surface area contributed by atoms with E-state index in [-0.39, 0.29) is 111 Å². The van der Waals surface area contributed by atoms with Crippen LogP contribution in [0.1, 0.15) is 151 Å². The highest BCUT2D eigenvalue weighted by molar-refractivity contribution is 7.14. The minimum atomic E-state index is -2.41. The normalized spacial score (nSPS) is 30.2. The lowest BCUT2D eigenvalue weighted by Gasteiger charge is -2.46. The molecule has 686 valence electrons. The Morgan fingerprint density at radius 2 is 1.36 bits per heavy atom. The van der Waals surface area contributed by atoms with Crippen molar-refractivity contribution in [1.29, 1.82) is 0 Å². The number of methoxy groups -OCH3 is 5. The quantitative estimate of drug-likeness (QED) is 0.0254. The van der Waals surface area contributed by atoms with E-state index in [4.69, 9.17) is 101 Å². The molecule has 1 aromatic carbocycles. The second-order valence-corrected chi connectivity index (χ2v) is 35.2. The van der Waals surface area contributed by atoms with Gasteiger partial charge < -0.3 is 139 Å². The number of aromatic nitrogens is 7. The van der Waals surface area contributed by atoms with Gasteiger partial charge in [0.05, 0.1) is 67.7 Å². The van der Waals surface area contributed by atoms with Gasteiger partial charge in [0.15, 0.2) is 35.8 Å². The number of cyclic esters (lactones) is 2. The predicted molar refractivity (Wildman–Crippen MR) is 446 cm³/mol. The zero-order valence-electron chi connectivity index (χ0n) is 70.1. The van der Waals surface area contributed by atoms with Crippen molar-refractivity contribution in [2.24, 2.45) is 5.73 Å². The summed E-state index contributed by atoms with van der Waals surface area (Å²) >= 11 is 3.97. The summed E-state index contributed by atoms with van der Waals surface area (Å²) in [5.41, 5.74) is 2.33. The van der Waals surface area contributed by atoms with Crippen molar-refractivity contribution in [3.05, 3.63) is 118 Å². The molecule has 0 spiro atoms. The molecule has 43 nitrogen and oxygen atoms in total. The first-order chi connectivity index (χ1) is 61.3. The number of primary amides is 1. The van der Waals surface area contributed by atoms with Crippen LogP contribution in [0.2, 0.25) is 0 Å². The standard InChI is InChI=1S/C80H91N13O30S5/c1-27(65(81)99)82-66(100)39-25-127-74(87-39)52-45(121-78-58(98)62(110-10)59(109-9)32(6)118-78)18-35-51(88-52)38-23-125-72(84-38)37-22-115-76(105)55-36-21-113-61(57(97)77(106)114-20-34-14-13-15-42(48(34)36)93(55)107)53(91-68(102)41-26-126-73(86-41)50(30(4)108-8)90-69(103)49(28(2)94)89-67(101)40-24-124-71(35)85-40)75-92-54(70(104)83-37)80(128-75)123-79-64(112-12)63(111-11)60(33(7)119-79)122-46-17-16-44(29(3)116-46)120-47-19-43(95)56(96)31(5)117-47/h13-15,18,23-26,28-29,31-33,37,43-44,46-47,49,53,56-64,78-79,94-98,107H,1,16-17,19-22H2,2-12H3,(H2,81,99)(H,82,100)(H,83,104)(H,89,101)(H,90,103)(H,91,102)/b50-30+. The summed E-state index contributed by atoms with van der Waals surface area (Å²) < 4.78 is 100. The Morgan fingerprint density at radius 3 is 2.06 bits per heavy atom. The summed E-state index contributed by atoms with van der Waals surface area (Å²) in [6.07, 6.45) is -22.9. The number of amides is 6. The first-order valence-electron chi connectivity index (χ1n) is 40.0. The zero-order valence-corrected chi connectivity index (χ0v) is 74.2. The monoisotopic (exact) mass is 1870 g/mol. The van der Waals surface area contributed by atoms with Crippen LogP contribution in [0.15, 0.2) is 63.8 Å². The van der Waals surface area contributed by atoms with E-state index in [0.717, 1.165) is 45.3 Å². The largest absolute Gasteiger partial charge is 0.499 e. The minimum Gasteiger partial charge on any atom is -0.499 e. The van der Waals surface area contributed by atoms with Gasteiger partial charge in [0.1, 0.15) is 151 Å². The fourth-order valence-electron chi connectivity index (χ4n) is 15.7. The molecule has 8 aromatic rings. The average Bonchev–Trinajstić information content (AvgIpc) is 1.61. The van der Waals surface area contributed by atoms with Crippen LogP contribution in [0.3, 0.4) is 0 Å². The van der Waals surface area contributed by atoms with Gasteiger partial charge in [-0.05, 0) is 65.7 Å². The Bertz CT molecular complexity index is 5570. The highest BCUT2D eigenvalue weighted by atomic mass is 32.1. The fraction of sp³-hybridized carbons (Fsp3) is 0.500. The minimum absolute atomic E-state index is 0.00292. The van der Waals surface area contributed by atoms with Crippen molar-refractivity contribution in [3.63, 3.8) is 0 Å². The second-order valence-electron chi connectivity index (χ2n) is 30.7. The number of carbonyl (C=O) groups is 8. The number of pyridine rings is 1. The molecule has 15 rings (SSSR count). The van der Waals surface area contributed by atoms with Crippen molar-refractivity contribution in [3.8, 4) is 43.5 Å². The molecule has 23 unspecified atom stereocenters. The van der Waals surface area contributed by atoms with Gasteiger partial charge in [-0.15, -0.1) is 45.3 Å². The molecule has 14 heterocycles. The number of fused-ring (bicyclic) bond motifs is 15. The van der Waals surface area contributed by atoms with Crippen LogP contribution in [0, 0.1) is 0 Å². The van der Waals surface area contributed by atoms with E-state index in [1.165, 1.54) is 95.2 Å². The number of hydrogen-bond donors (Lipinski definition) is 12. The van der Waals surface area contributed by atoms with Gasteiger partial charge in [0.25, 0.3) is 29.5 Å².